The van der Waals surface area contributed by atoms with Gasteiger partial charge in [0.05, 0.1) is 0 Å². The maximum atomic E-state index is 12.1. The summed E-state index contributed by atoms with van der Waals surface area (Å²) in [6.07, 6.45) is 0. The topological polar surface area (TPSA) is 45.2 Å². The molecule has 0 aliphatic rings. The summed E-state index contributed by atoms with van der Waals surface area (Å²) in [5, 5.41) is 3.19. The molecule has 1 amide bonds. The molecule has 0 unspecified atom stereocenters. The van der Waals surface area contributed by atoms with Crippen LogP contribution in [0.4, 0.5) is 5.82 Å². The Kier molecular flexibility index (Phi) is 4.75. The number of carbonyl (C=O) groups is 1. The van der Waals surface area contributed by atoms with Crippen molar-refractivity contribution in [3.63, 3.8) is 0 Å². The van der Waals surface area contributed by atoms with Crippen LogP contribution in [-0.2, 0) is 0 Å². The zero-order valence-corrected chi connectivity index (χ0v) is 11.4. The molecule has 17 heavy (non-hydrogen) atoms. The van der Waals surface area contributed by atoms with Crippen LogP contribution in [0.1, 0.15) is 24.2 Å². The van der Waals surface area contributed by atoms with Gasteiger partial charge in [-0.05, 0) is 18.1 Å². The van der Waals surface area contributed by atoms with Crippen molar-refractivity contribution in [3.05, 3.63) is 22.8 Å². The van der Waals surface area contributed by atoms with Gasteiger partial charge in [-0.1, -0.05) is 25.4 Å². The van der Waals surface area contributed by atoms with Gasteiger partial charge in [0.15, 0.2) is 0 Å². The molecule has 0 aromatic carbocycles. The number of hydrogen-bond donors (Lipinski definition) is 1. The molecular formula is C12H18ClN3O. The van der Waals surface area contributed by atoms with Crippen LogP contribution in [0.15, 0.2) is 12.1 Å². The second-order valence-corrected chi connectivity index (χ2v) is 4.78. The second-order valence-electron chi connectivity index (χ2n) is 4.39. The number of halogens is 1. The Morgan fingerprint density at radius 3 is 2.71 bits per heavy atom. The highest BCUT2D eigenvalue weighted by atomic mass is 35.5. The van der Waals surface area contributed by atoms with E-state index < -0.39 is 0 Å². The van der Waals surface area contributed by atoms with Gasteiger partial charge in [-0.3, -0.25) is 4.79 Å². The highest BCUT2D eigenvalue weighted by molar-refractivity contribution is 6.29. The summed E-state index contributed by atoms with van der Waals surface area (Å²) < 4.78 is 0. The zero-order chi connectivity index (χ0) is 13.0. The summed E-state index contributed by atoms with van der Waals surface area (Å²) in [5.41, 5.74) is 0.553. The van der Waals surface area contributed by atoms with E-state index >= 15 is 0 Å². The minimum absolute atomic E-state index is 0.0421. The Morgan fingerprint density at radius 1 is 1.53 bits per heavy atom. The fourth-order valence-electron chi connectivity index (χ4n) is 1.60. The number of hydrogen-bond acceptors (Lipinski definition) is 3. The monoisotopic (exact) mass is 255 g/mol. The first-order valence-electron chi connectivity index (χ1n) is 5.55. The van der Waals surface area contributed by atoms with Gasteiger partial charge >= 0.3 is 0 Å². The number of anilines is 1. The highest BCUT2D eigenvalue weighted by Gasteiger charge is 2.14. The molecule has 0 spiro atoms. The van der Waals surface area contributed by atoms with Crippen molar-refractivity contribution in [1.82, 2.24) is 9.88 Å². The van der Waals surface area contributed by atoms with E-state index in [4.69, 9.17) is 11.6 Å². The fraction of sp³-hybridized carbons (Fsp3) is 0.500. The van der Waals surface area contributed by atoms with Crippen LogP contribution in [0, 0.1) is 5.92 Å². The summed E-state index contributed by atoms with van der Waals surface area (Å²) in [6, 6.07) is 3.28. The van der Waals surface area contributed by atoms with Crippen molar-refractivity contribution >= 4 is 23.3 Å². The Hall–Kier alpha value is -1.29. The van der Waals surface area contributed by atoms with Crippen LogP contribution in [0.3, 0.4) is 0 Å². The van der Waals surface area contributed by atoms with Crippen LogP contribution in [0.2, 0.25) is 5.15 Å². The molecule has 1 heterocycles. The maximum Gasteiger partial charge on any atom is 0.253 e. The molecule has 0 saturated heterocycles. The van der Waals surface area contributed by atoms with Gasteiger partial charge in [0.2, 0.25) is 0 Å². The minimum Gasteiger partial charge on any atom is -0.373 e. The number of pyridine rings is 1. The molecule has 0 saturated carbocycles. The molecule has 1 N–H and O–H groups in total. The first-order chi connectivity index (χ1) is 7.93. The fourth-order valence-corrected chi connectivity index (χ4v) is 1.81. The van der Waals surface area contributed by atoms with Gasteiger partial charge in [0, 0.05) is 26.2 Å². The normalized spacial score (nSPS) is 10.5. The third-order valence-corrected chi connectivity index (χ3v) is 2.48. The van der Waals surface area contributed by atoms with E-state index in [1.807, 2.05) is 0 Å². The molecule has 94 valence electrons. The summed E-state index contributed by atoms with van der Waals surface area (Å²) >= 11 is 5.86. The maximum absolute atomic E-state index is 12.1. The van der Waals surface area contributed by atoms with Crippen LogP contribution in [-0.4, -0.2) is 36.4 Å². The van der Waals surface area contributed by atoms with Crippen molar-refractivity contribution < 1.29 is 4.79 Å². The van der Waals surface area contributed by atoms with Gasteiger partial charge in [-0.25, -0.2) is 4.98 Å². The molecule has 0 aliphatic carbocycles. The standard InChI is InChI=1S/C12H18ClN3O/c1-8(2)7-16(4)12(17)9-5-10(13)15-11(6-9)14-3/h5-6,8H,7H2,1-4H3,(H,14,15). The summed E-state index contributed by atoms with van der Waals surface area (Å²) in [5.74, 6) is 0.989. The van der Waals surface area contributed by atoms with E-state index in [9.17, 15) is 4.79 Å². The molecule has 0 radical (unpaired) electrons. The molecule has 0 bridgehead atoms. The number of carbonyl (C=O) groups excluding carboxylic acids is 1. The molecular weight excluding hydrogens is 238 g/mol. The average Bonchev–Trinajstić information content (AvgIpc) is 2.26. The van der Waals surface area contributed by atoms with Crippen molar-refractivity contribution in [1.29, 1.82) is 0 Å². The van der Waals surface area contributed by atoms with E-state index in [-0.39, 0.29) is 5.91 Å². The number of aromatic nitrogens is 1. The molecule has 0 fully saturated rings. The number of nitrogens with one attached hydrogen (secondary N) is 1. The lowest BCUT2D eigenvalue weighted by atomic mass is 10.2. The Labute approximate surface area is 107 Å². The number of rotatable bonds is 4. The van der Waals surface area contributed by atoms with Crippen LogP contribution in [0.5, 0.6) is 0 Å². The third kappa shape index (κ3) is 3.89. The summed E-state index contributed by atoms with van der Waals surface area (Å²) in [7, 11) is 3.53. The molecule has 1 aromatic rings. The van der Waals surface area contributed by atoms with Gasteiger partial charge in [-0.15, -0.1) is 0 Å². The number of amides is 1. The lowest BCUT2D eigenvalue weighted by molar-refractivity contribution is 0.0779. The predicted molar refractivity (Wildman–Crippen MR) is 70.6 cm³/mol. The largest absolute Gasteiger partial charge is 0.373 e. The van der Waals surface area contributed by atoms with E-state index in [0.717, 1.165) is 0 Å². The first kappa shape index (κ1) is 13.8. The van der Waals surface area contributed by atoms with Gasteiger partial charge in [0.25, 0.3) is 5.91 Å². The zero-order valence-electron chi connectivity index (χ0n) is 10.6. The van der Waals surface area contributed by atoms with Crippen LogP contribution >= 0.6 is 11.6 Å². The van der Waals surface area contributed by atoms with Gasteiger partial charge in [-0.2, -0.15) is 0 Å². The van der Waals surface area contributed by atoms with Crippen molar-refractivity contribution in [2.45, 2.75) is 13.8 Å². The smallest absolute Gasteiger partial charge is 0.253 e. The van der Waals surface area contributed by atoms with Crippen LogP contribution in [0.25, 0.3) is 0 Å². The van der Waals surface area contributed by atoms with Gasteiger partial charge in [0.1, 0.15) is 11.0 Å². The Bertz CT molecular complexity index is 407. The van der Waals surface area contributed by atoms with E-state index in [2.05, 4.69) is 24.1 Å². The SMILES string of the molecule is CNc1cc(C(=O)N(C)CC(C)C)cc(Cl)n1. The molecule has 1 aromatic heterocycles. The van der Waals surface area contributed by atoms with Crippen LogP contribution < -0.4 is 5.32 Å². The van der Waals surface area contributed by atoms with Crippen molar-refractivity contribution in [2.75, 3.05) is 26.0 Å². The Balaban J connectivity index is 2.91. The van der Waals surface area contributed by atoms with E-state index in [1.165, 1.54) is 0 Å². The highest BCUT2D eigenvalue weighted by Crippen LogP contribution is 2.15. The predicted octanol–water partition coefficient (Wildman–Crippen LogP) is 2.50. The minimum atomic E-state index is -0.0421. The summed E-state index contributed by atoms with van der Waals surface area (Å²) in [4.78, 5) is 17.8. The second kappa shape index (κ2) is 5.87. The Morgan fingerprint density at radius 2 is 2.18 bits per heavy atom. The van der Waals surface area contributed by atoms with E-state index in [1.54, 1.807) is 31.1 Å². The summed E-state index contributed by atoms with van der Waals surface area (Å²) in [6.45, 7) is 4.86. The molecule has 0 aliphatic heterocycles. The first-order valence-corrected chi connectivity index (χ1v) is 5.92. The molecule has 4 nitrogen and oxygen atoms in total. The molecule has 1 rings (SSSR count). The van der Waals surface area contributed by atoms with Gasteiger partial charge < -0.3 is 10.2 Å². The lowest BCUT2D eigenvalue weighted by Gasteiger charge is -2.19. The van der Waals surface area contributed by atoms with Crippen molar-refractivity contribution in [3.8, 4) is 0 Å². The lowest BCUT2D eigenvalue weighted by Crippen LogP contribution is -2.30. The van der Waals surface area contributed by atoms with Crippen molar-refractivity contribution in [2.24, 2.45) is 5.92 Å². The average molecular weight is 256 g/mol. The quantitative estimate of drug-likeness (QED) is 0.841. The molecule has 0 atom stereocenters. The van der Waals surface area contributed by atoms with E-state index in [0.29, 0.717) is 29.0 Å². The molecule has 5 heteroatoms. The third-order valence-electron chi connectivity index (χ3n) is 2.28. The number of nitrogens with zero attached hydrogens (tertiary/aromatic N) is 2.